The fourth-order valence-corrected chi connectivity index (χ4v) is 3.33. The molecule has 0 aliphatic heterocycles. The second-order valence-electron chi connectivity index (χ2n) is 4.40. The van der Waals surface area contributed by atoms with Gasteiger partial charge in [0.2, 0.25) is 5.13 Å². The molecule has 0 spiro atoms. The quantitative estimate of drug-likeness (QED) is 0.780. The number of nitrogens with one attached hydrogen (secondary N) is 1. The first kappa shape index (κ1) is 12.8. The largest absolute Gasteiger partial charge is 0.357 e. The second kappa shape index (κ2) is 5.83. The third-order valence-corrected chi connectivity index (χ3v) is 4.66. The molecule has 3 rings (SSSR count). The van der Waals surface area contributed by atoms with Crippen LogP contribution < -0.4 is 5.32 Å². The van der Waals surface area contributed by atoms with Crippen molar-refractivity contribution in [1.82, 2.24) is 30.4 Å². The van der Waals surface area contributed by atoms with Gasteiger partial charge in [0.25, 0.3) is 0 Å². The van der Waals surface area contributed by atoms with E-state index in [4.69, 9.17) is 0 Å². The van der Waals surface area contributed by atoms with E-state index in [0.29, 0.717) is 6.04 Å². The third-order valence-electron chi connectivity index (χ3n) is 2.68. The average molecular weight is 297 g/mol. The molecule has 1 saturated carbocycles. The molecule has 102 valence electrons. The van der Waals surface area contributed by atoms with Gasteiger partial charge in [0.05, 0.1) is 5.75 Å². The van der Waals surface area contributed by atoms with Gasteiger partial charge in [-0.05, 0) is 29.7 Å². The molecule has 2 aromatic rings. The fraction of sp³-hybridized carbons (Fsp3) is 0.700. The first-order chi connectivity index (χ1) is 9.35. The highest BCUT2D eigenvalue weighted by Gasteiger charge is 2.22. The zero-order chi connectivity index (χ0) is 13.1. The standard InChI is InChI=1S/C10H15N7S2/c1-2-5-17-8(12-15-16-17)6-18-10-14-13-9(19-10)11-7-3-4-7/h7H,2-6H2,1H3,(H,11,13). The van der Waals surface area contributed by atoms with Crippen LogP contribution in [0.25, 0.3) is 0 Å². The van der Waals surface area contributed by atoms with Crippen molar-refractivity contribution >= 4 is 28.2 Å². The molecule has 1 fully saturated rings. The van der Waals surface area contributed by atoms with Crippen molar-refractivity contribution in [3.05, 3.63) is 5.82 Å². The minimum Gasteiger partial charge on any atom is -0.357 e. The molecule has 0 amide bonds. The Hall–Kier alpha value is -1.22. The number of thioether (sulfide) groups is 1. The summed E-state index contributed by atoms with van der Waals surface area (Å²) in [5.74, 6) is 1.61. The predicted molar refractivity (Wildman–Crippen MR) is 74.2 cm³/mol. The Labute approximate surface area is 119 Å². The predicted octanol–water partition coefficient (Wildman–Crippen LogP) is 1.80. The smallest absolute Gasteiger partial charge is 0.206 e. The lowest BCUT2D eigenvalue weighted by atomic mass is 10.5. The molecule has 0 bridgehead atoms. The maximum Gasteiger partial charge on any atom is 0.206 e. The third kappa shape index (κ3) is 3.41. The highest BCUT2D eigenvalue weighted by Crippen LogP contribution is 2.31. The van der Waals surface area contributed by atoms with Crippen LogP contribution in [0.15, 0.2) is 4.34 Å². The summed E-state index contributed by atoms with van der Waals surface area (Å²) >= 11 is 3.22. The van der Waals surface area contributed by atoms with Gasteiger partial charge in [-0.1, -0.05) is 30.0 Å². The summed E-state index contributed by atoms with van der Waals surface area (Å²) in [6, 6.07) is 0.614. The molecule has 1 N–H and O–H groups in total. The van der Waals surface area contributed by atoms with Crippen LogP contribution in [0.1, 0.15) is 32.0 Å². The number of nitrogens with zero attached hydrogens (tertiary/aromatic N) is 6. The van der Waals surface area contributed by atoms with E-state index in [0.717, 1.165) is 34.0 Å². The van der Waals surface area contributed by atoms with Gasteiger partial charge < -0.3 is 5.32 Å². The molecule has 0 unspecified atom stereocenters. The molecule has 0 aromatic carbocycles. The van der Waals surface area contributed by atoms with Crippen molar-refractivity contribution in [3.8, 4) is 0 Å². The van der Waals surface area contributed by atoms with Gasteiger partial charge >= 0.3 is 0 Å². The van der Waals surface area contributed by atoms with Gasteiger partial charge in [0.15, 0.2) is 10.2 Å². The zero-order valence-electron chi connectivity index (χ0n) is 10.6. The van der Waals surface area contributed by atoms with Gasteiger partial charge in [0.1, 0.15) is 0 Å². The van der Waals surface area contributed by atoms with E-state index < -0.39 is 0 Å². The molecule has 19 heavy (non-hydrogen) atoms. The minimum absolute atomic E-state index is 0.614. The normalized spacial score (nSPS) is 14.8. The Kier molecular flexibility index (Phi) is 3.92. The first-order valence-corrected chi connectivity index (χ1v) is 8.13. The van der Waals surface area contributed by atoms with Crippen molar-refractivity contribution in [1.29, 1.82) is 0 Å². The summed E-state index contributed by atoms with van der Waals surface area (Å²) in [6.45, 7) is 2.96. The van der Waals surface area contributed by atoms with Crippen LogP contribution in [0.2, 0.25) is 0 Å². The molecule has 2 aromatic heterocycles. The maximum absolute atomic E-state index is 4.16. The Balaban J connectivity index is 1.55. The highest BCUT2D eigenvalue weighted by atomic mass is 32.2. The number of aromatic nitrogens is 6. The zero-order valence-corrected chi connectivity index (χ0v) is 12.2. The summed E-state index contributed by atoms with van der Waals surface area (Å²) in [4.78, 5) is 0. The molecule has 1 aliphatic carbocycles. The van der Waals surface area contributed by atoms with E-state index in [2.05, 4.69) is 38.0 Å². The number of aryl methyl sites for hydroxylation is 1. The van der Waals surface area contributed by atoms with Crippen LogP contribution in [0.4, 0.5) is 5.13 Å². The van der Waals surface area contributed by atoms with Crippen molar-refractivity contribution in [2.24, 2.45) is 0 Å². The number of hydrogen-bond acceptors (Lipinski definition) is 8. The van der Waals surface area contributed by atoms with Crippen LogP contribution in [-0.2, 0) is 12.3 Å². The Morgan fingerprint density at radius 2 is 2.26 bits per heavy atom. The lowest BCUT2D eigenvalue weighted by Crippen LogP contribution is -2.04. The van der Waals surface area contributed by atoms with Crippen LogP contribution in [-0.4, -0.2) is 36.4 Å². The Morgan fingerprint density at radius 1 is 1.37 bits per heavy atom. The van der Waals surface area contributed by atoms with Crippen LogP contribution in [0.5, 0.6) is 0 Å². The Bertz CT molecular complexity index is 533. The summed E-state index contributed by atoms with van der Waals surface area (Å²) in [7, 11) is 0. The van der Waals surface area contributed by atoms with Crippen molar-refractivity contribution < 1.29 is 0 Å². The summed E-state index contributed by atoms with van der Waals surface area (Å²) in [5.41, 5.74) is 0. The van der Waals surface area contributed by atoms with Crippen LogP contribution in [0, 0.1) is 0 Å². The topological polar surface area (TPSA) is 81.4 Å². The molecule has 9 heteroatoms. The van der Waals surface area contributed by atoms with Gasteiger partial charge in [-0.3, -0.25) is 0 Å². The summed E-state index contributed by atoms with van der Waals surface area (Å²) < 4.78 is 2.80. The second-order valence-corrected chi connectivity index (χ2v) is 6.60. The van der Waals surface area contributed by atoms with Gasteiger partial charge in [-0.25, -0.2) is 4.68 Å². The van der Waals surface area contributed by atoms with Crippen molar-refractivity contribution in [3.63, 3.8) is 0 Å². The fourth-order valence-electron chi connectivity index (χ4n) is 1.57. The minimum atomic E-state index is 0.614. The first-order valence-electron chi connectivity index (χ1n) is 6.33. The molecular weight excluding hydrogens is 282 g/mol. The van der Waals surface area contributed by atoms with E-state index in [9.17, 15) is 0 Å². The molecule has 1 aliphatic rings. The summed E-state index contributed by atoms with van der Waals surface area (Å²) in [6.07, 6.45) is 3.51. The number of rotatable bonds is 7. The lowest BCUT2D eigenvalue weighted by molar-refractivity contribution is 0.564. The van der Waals surface area contributed by atoms with E-state index in [-0.39, 0.29) is 0 Å². The molecule has 0 radical (unpaired) electrons. The van der Waals surface area contributed by atoms with E-state index in [1.807, 2.05) is 4.68 Å². The Morgan fingerprint density at radius 3 is 3.05 bits per heavy atom. The SMILES string of the molecule is CCCn1nnnc1CSc1nnc(NC2CC2)s1. The van der Waals surface area contributed by atoms with Crippen molar-refractivity contribution in [2.75, 3.05) is 5.32 Å². The number of anilines is 1. The lowest BCUT2D eigenvalue weighted by Gasteiger charge is -2.00. The van der Waals surface area contributed by atoms with Gasteiger partial charge in [-0.2, -0.15) is 0 Å². The average Bonchev–Trinajstić information content (AvgIpc) is 2.92. The molecular formula is C10H15N7S2. The molecule has 0 saturated heterocycles. The van der Waals surface area contributed by atoms with Gasteiger partial charge in [-0.15, -0.1) is 15.3 Å². The summed E-state index contributed by atoms with van der Waals surface area (Å²) in [5, 5.41) is 24.3. The number of tetrazole rings is 1. The maximum atomic E-state index is 4.16. The number of hydrogen-bond donors (Lipinski definition) is 1. The monoisotopic (exact) mass is 297 g/mol. The van der Waals surface area contributed by atoms with E-state index in [1.54, 1.807) is 23.1 Å². The molecule has 7 nitrogen and oxygen atoms in total. The van der Waals surface area contributed by atoms with Crippen LogP contribution >= 0.6 is 23.1 Å². The van der Waals surface area contributed by atoms with E-state index in [1.165, 1.54) is 12.8 Å². The van der Waals surface area contributed by atoms with Crippen LogP contribution in [0.3, 0.4) is 0 Å². The molecule has 2 heterocycles. The highest BCUT2D eigenvalue weighted by molar-refractivity contribution is 8.00. The van der Waals surface area contributed by atoms with Crippen molar-refractivity contribution in [2.45, 2.75) is 48.9 Å². The van der Waals surface area contributed by atoms with E-state index >= 15 is 0 Å². The van der Waals surface area contributed by atoms with Gasteiger partial charge in [0, 0.05) is 12.6 Å². The molecule has 0 atom stereocenters.